The highest BCUT2D eigenvalue weighted by Gasteiger charge is 2.15. The second kappa shape index (κ2) is 16.1. The van der Waals surface area contributed by atoms with Crippen LogP contribution in [0.15, 0.2) is 176 Å². The maximum absolute atomic E-state index is 13.1. The summed E-state index contributed by atoms with van der Waals surface area (Å²) in [6, 6.07) is 51.1. The number of aromatic nitrogens is 4. The summed E-state index contributed by atoms with van der Waals surface area (Å²) in [5.74, 6) is 0. The van der Waals surface area contributed by atoms with E-state index < -0.39 is 0 Å². The summed E-state index contributed by atoms with van der Waals surface area (Å²) in [5, 5.41) is 0.911. The number of halogens is 3. The standard InChI is InChI=1S/C20H15BrN2O.C13H10N2O.C7H6Br2/c21-17-11-5-4-8-15(17)14-22-18-12-6-7-13-19(18)23(20(22)24)16-9-2-1-3-10-16;16-13-14-11-8-4-5-9-12(11)15(13)10-6-2-1-3-7-10;8-5-6-3-1-2-4-7(6)9/h1-13H,14H2;1-9H,(H,14,16);1-4H,5H2. The van der Waals surface area contributed by atoms with E-state index in [9.17, 15) is 9.59 Å². The number of H-pyrrole nitrogens is 1. The van der Waals surface area contributed by atoms with E-state index in [1.165, 1.54) is 10.0 Å². The van der Waals surface area contributed by atoms with E-state index in [1.807, 2.05) is 156 Å². The van der Waals surface area contributed by atoms with E-state index in [0.717, 1.165) is 48.8 Å². The fourth-order valence-electron chi connectivity index (χ4n) is 5.48. The van der Waals surface area contributed by atoms with Crippen LogP contribution in [0.3, 0.4) is 0 Å². The van der Waals surface area contributed by atoms with Crippen molar-refractivity contribution in [3.8, 4) is 11.4 Å². The molecule has 0 saturated carbocycles. The zero-order chi connectivity index (χ0) is 34.2. The van der Waals surface area contributed by atoms with Gasteiger partial charge in [-0.05, 0) is 71.8 Å². The van der Waals surface area contributed by atoms with E-state index in [4.69, 9.17) is 0 Å². The fourth-order valence-corrected chi connectivity index (χ4v) is 7.18. The lowest BCUT2D eigenvalue weighted by molar-refractivity contribution is 0.761. The third-order valence-corrected chi connectivity index (χ3v) is 9.99. The van der Waals surface area contributed by atoms with Gasteiger partial charge in [-0.25, -0.2) is 9.59 Å². The molecule has 0 saturated heterocycles. The van der Waals surface area contributed by atoms with Crippen LogP contribution >= 0.6 is 47.8 Å². The zero-order valence-corrected chi connectivity index (χ0v) is 31.0. The number of alkyl halides is 1. The summed E-state index contributed by atoms with van der Waals surface area (Å²) in [5.41, 5.74) is 7.60. The maximum atomic E-state index is 13.1. The first-order valence-corrected chi connectivity index (χ1v) is 18.2. The SMILES string of the molecule is BrCc1ccccc1Br.O=c1[nH]c2ccccc2n1-c1ccccc1.O=c1n(Cc2ccccc2Br)c2ccccc2n1-c1ccccc1. The minimum Gasteiger partial charge on any atom is -0.305 e. The number of hydrogen-bond acceptors (Lipinski definition) is 2. The number of rotatable bonds is 5. The number of hydrogen-bond donors (Lipinski definition) is 1. The molecule has 1 N–H and O–H groups in total. The Balaban J connectivity index is 0.000000143. The molecule has 0 fully saturated rings. The monoisotopic (exact) mass is 836 g/mol. The molecular formula is C40H31Br3N4O2. The van der Waals surface area contributed by atoms with Crippen molar-refractivity contribution >= 4 is 69.9 Å². The summed E-state index contributed by atoms with van der Waals surface area (Å²) in [6.45, 7) is 0.528. The molecule has 0 bridgehead atoms. The van der Waals surface area contributed by atoms with Crippen LogP contribution in [0, 0.1) is 0 Å². The molecule has 0 spiro atoms. The predicted molar refractivity (Wildman–Crippen MR) is 211 cm³/mol. The first kappa shape index (κ1) is 34.2. The number of nitrogens with one attached hydrogen (secondary N) is 1. The molecule has 0 atom stereocenters. The van der Waals surface area contributed by atoms with Gasteiger partial charge in [-0.1, -0.05) is 145 Å². The summed E-state index contributed by atoms with van der Waals surface area (Å²) < 4.78 is 7.44. The van der Waals surface area contributed by atoms with Crippen LogP contribution in [-0.4, -0.2) is 18.7 Å². The normalized spacial score (nSPS) is 10.7. The number of nitrogens with zero attached hydrogens (tertiary/aromatic N) is 3. The lowest BCUT2D eigenvalue weighted by Gasteiger charge is -2.06. The highest BCUT2D eigenvalue weighted by Crippen LogP contribution is 2.22. The van der Waals surface area contributed by atoms with Crippen molar-refractivity contribution in [3.63, 3.8) is 0 Å². The molecule has 9 heteroatoms. The quantitative estimate of drug-likeness (QED) is 0.176. The van der Waals surface area contributed by atoms with Crippen LogP contribution in [0.2, 0.25) is 0 Å². The van der Waals surface area contributed by atoms with E-state index in [1.54, 1.807) is 9.13 Å². The van der Waals surface area contributed by atoms with Gasteiger partial charge in [-0.3, -0.25) is 13.7 Å². The average Bonchev–Trinajstić information content (AvgIpc) is 3.63. The van der Waals surface area contributed by atoms with E-state index in [0.29, 0.717) is 6.54 Å². The molecule has 0 unspecified atom stereocenters. The minimum atomic E-state index is -0.104. The largest absolute Gasteiger partial charge is 0.334 e. The van der Waals surface area contributed by atoms with Gasteiger partial charge in [0.1, 0.15) is 0 Å². The van der Waals surface area contributed by atoms with Crippen molar-refractivity contribution in [2.75, 3.05) is 0 Å². The smallest absolute Gasteiger partial charge is 0.305 e. The summed E-state index contributed by atoms with van der Waals surface area (Å²) >= 11 is 10.4. The molecule has 244 valence electrons. The van der Waals surface area contributed by atoms with Crippen LogP contribution < -0.4 is 11.4 Å². The van der Waals surface area contributed by atoms with Crippen molar-refractivity contribution in [3.05, 3.63) is 199 Å². The summed E-state index contributed by atoms with van der Waals surface area (Å²) in [7, 11) is 0. The Morgan fingerprint density at radius 3 is 1.53 bits per heavy atom. The molecule has 6 aromatic carbocycles. The third-order valence-electron chi connectivity index (χ3n) is 7.84. The van der Waals surface area contributed by atoms with Gasteiger partial charge in [-0.2, -0.15) is 0 Å². The van der Waals surface area contributed by atoms with Crippen molar-refractivity contribution in [2.24, 2.45) is 0 Å². The van der Waals surface area contributed by atoms with Gasteiger partial charge in [-0.15, -0.1) is 0 Å². The topological polar surface area (TPSA) is 64.7 Å². The first-order valence-electron chi connectivity index (χ1n) is 15.5. The molecule has 0 amide bonds. The Morgan fingerprint density at radius 2 is 0.959 bits per heavy atom. The van der Waals surface area contributed by atoms with Crippen LogP contribution in [0.4, 0.5) is 0 Å². The van der Waals surface area contributed by atoms with Gasteiger partial charge in [0.05, 0.1) is 40.0 Å². The second-order valence-corrected chi connectivity index (χ2v) is 13.2. The minimum absolute atomic E-state index is 0.0295. The number of fused-ring (bicyclic) bond motifs is 2. The Morgan fingerprint density at radius 1 is 0.490 bits per heavy atom. The van der Waals surface area contributed by atoms with E-state index in [2.05, 4.69) is 58.8 Å². The molecule has 49 heavy (non-hydrogen) atoms. The van der Waals surface area contributed by atoms with Crippen molar-refractivity contribution in [1.82, 2.24) is 18.7 Å². The Kier molecular flexibility index (Phi) is 11.3. The maximum Gasteiger partial charge on any atom is 0.334 e. The van der Waals surface area contributed by atoms with Crippen LogP contribution in [0.5, 0.6) is 0 Å². The molecule has 8 rings (SSSR count). The van der Waals surface area contributed by atoms with Gasteiger partial charge in [0, 0.05) is 14.3 Å². The predicted octanol–water partition coefficient (Wildman–Crippen LogP) is 10.3. The lowest BCUT2D eigenvalue weighted by Crippen LogP contribution is -2.23. The second-order valence-electron chi connectivity index (χ2n) is 11.0. The third kappa shape index (κ3) is 7.80. The molecule has 0 aliphatic rings. The molecule has 2 heterocycles. The highest BCUT2D eigenvalue weighted by atomic mass is 79.9. The van der Waals surface area contributed by atoms with Crippen molar-refractivity contribution in [1.29, 1.82) is 0 Å². The molecule has 6 nitrogen and oxygen atoms in total. The summed E-state index contributed by atoms with van der Waals surface area (Å²) in [4.78, 5) is 27.8. The lowest BCUT2D eigenvalue weighted by atomic mass is 10.2. The number of aromatic amines is 1. The van der Waals surface area contributed by atoms with E-state index >= 15 is 0 Å². The number of para-hydroxylation sites is 6. The van der Waals surface area contributed by atoms with Gasteiger partial charge in [0.15, 0.2) is 0 Å². The van der Waals surface area contributed by atoms with Gasteiger partial charge >= 0.3 is 11.4 Å². The Labute approximate surface area is 308 Å². The van der Waals surface area contributed by atoms with Gasteiger partial charge < -0.3 is 4.98 Å². The zero-order valence-electron chi connectivity index (χ0n) is 26.2. The first-order chi connectivity index (χ1) is 24.0. The Hall–Kier alpha value is -4.70. The molecule has 0 aliphatic heterocycles. The van der Waals surface area contributed by atoms with E-state index in [-0.39, 0.29) is 11.4 Å². The number of benzene rings is 6. The molecule has 0 radical (unpaired) electrons. The van der Waals surface area contributed by atoms with Gasteiger partial charge in [0.25, 0.3) is 0 Å². The van der Waals surface area contributed by atoms with Crippen LogP contribution in [0.1, 0.15) is 11.1 Å². The van der Waals surface area contributed by atoms with Gasteiger partial charge in [0.2, 0.25) is 0 Å². The summed E-state index contributed by atoms with van der Waals surface area (Å²) in [6.07, 6.45) is 0. The Bertz CT molecular complexity index is 2430. The molecular weight excluding hydrogens is 808 g/mol. The molecule has 0 aliphatic carbocycles. The van der Waals surface area contributed by atoms with Crippen molar-refractivity contribution in [2.45, 2.75) is 11.9 Å². The fraction of sp³-hybridized carbons (Fsp3) is 0.0500. The highest BCUT2D eigenvalue weighted by molar-refractivity contribution is 9.11. The number of imidazole rings is 2. The average molecular weight is 839 g/mol. The van der Waals surface area contributed by atoms with Crippen LogP contribution in [-0.2, 0) is 11.9 Å². The molecule has 2 aromatic heterocycles. The van der Waals surface area contributed by atoms with Crippen molar-refractivity contribution < 1.29 is 0 Å². The van der Waals surface area contributed by atoms with Crippen LogP contribution in [0.25, 0.3) is 33.4 Å². The molecule has 8 aromatic rings.